The number of sulfone groups is 1. The molecule has 1 atom stereocenters. The standard InChI is InChI=1S/C16H23NO3S/c1-20-16-3-2-15-11-17(8-5-14(15)10-16)7-4-13-6-9-21(18,19)12-13/h2-3,10,13H,4-9,11-12H2,1H3. The molecule has 4 nitrogen and oxygen atoms in total. The lowest BCUT2D eigenvalue weighted by Gasteiger charge is -2.29. The summed E-state index contributed by atoms with van der Waals surface area (Å²) < 4.78 is 28.3. The first-order valence-electron chi connectivity index (χ1n) is 7.64. The summed E-state index contributed by atoms with van der Waals surface area (Å²) in [6.07, 6.45) is 2.91. The van der Waals surface area contributed by atoms with E-state index in [-0.39, 0.29) is 0 Å². The van der Waals surface area contributed by atoms with Gasteiger partial charge < -0.3 is 4.74 Å². The molecule has 116 valence electrons. The van der Waals surface area contributed by atoms with Gasteiger partial charge in [0.25, 0.3) is 0 Å². The van der Waals surface area contributed by atoms with E-state index in [4.69, 9.17) is 4.74 Å². The lowest BCUT2D eigenvalue weighted by molar-refractivity contribution is 0.237. The summed E-state index contributed by atoms with van der Waals surface area (Å²) in [7, 11) is -1.04. The number of nitrogens with zero attached hydrogens (tertiary/aromatic N) is 1. The molecule has 1 aromatic carbocycles. The van der Waals surface area contributed by atoms with Crippen LogP contribution >= 0.6 is 0 Å². The first kappa shape index (κ1) is 14.9. The van der Waals surface area contributed by atoms with Gasteiger partial charge in [0.15, 0.2) is 9.84 Å². The maximum atomic E-state index is 11.5. The summed E-state index contributed by atoms with van der Waals surface area (Å²) >= 11 is 0. The fraction of sp³-hybridized carbons (Fsp3) is 0.625. The minimum atomic E-state index is -2.74. The van der Waals surface area contributed by atoms with Crippen LogP contribution in [0, 0.1) is 5.92 Å². The van der Waals surface area contributed by atoms with Gasteiger partial charge in [0.1, 0.15) is 5.75 Å². The maximum Gasteiger partial charge on any atom is 0.150 e. The first-order valence-corrected chi connectivity index (χ1v) is 9.46. The third-order valence-corrected chi connectivity index (χ3v) is 6.52. The highest BCUT2D eigenvalue weighted by molar-refractivity contribution is 7.91. The van der Waals surface area contributed by atoms with Crippen LogP contribution in [0.5, 0.6) is 5.75 Å². The van der Waals surface area contributed by atoms with Gasteiger partial charge in [-0.2, -0.15) is 0 Å². The molecule has 0 radical (unpaired) electrons. The molecule has 0 aliphatic carbocycles. The zero-order valence-corrected chi connectivity index (χ0v) is 13.4. The molecule has 3 rings (SSSR count). The number of hydrogen-bond donors (Lipinski definition) is 0. The van der Waals surface area contributed by atoms with E-state index >= 15 is 0 Å². The van der Waals surface area contributed by atoms with E-state index in [1.807, 2.05) is 6.07 Å². The van der Waals surface area contributed by atoms with Crippen molar-refractivity contribution < 1.29 is 13.2 Å². The van der Waals surface area contributed by atoms with E-state index in [2.05, 4.69) is 17.0 Å². The van der Waals surface area contributed by atoms with Crippen LogP contribution in [-0.2, 0) is 22.8 Å². The Labute approximate surface area is 127 Å². The van der Waals surface area contributed by atoms with Gasteiger partial charge in [0, 0.05) is 13.1 Å². The lowest BCUT2D eigenvalue weighted by atomic mass is 9.98. The molecule has 0 bridgehead atoms. The van der Waals surface area contributed by atoms with Crippen LogP contribution in [0.4, 0.5) is 0 Å². The smallest absolute Gasteiger partial charge is 0.150 e. The molecular formula is C16H23NO3S. The summed E-state index contributed by atoms with van der Waals surface area (Å²) in [5.41, 5.74) is 2.76. The van der Waals surface area contributed by atoms with Gasteiger partial charge in [-0.1, -0.05) is 6.07 Å². The Morgan fingerprint density at radius 3 is 2.90 bits per heavy atom. The molecule has 2 aliphatic heterocycles. The molecule has 21 heavy (non-hydrogen) atoms. The Morgan fingerprint density at radius 1 is 1.33 bits per heavy atom. The molecule has 1 fully saturated rings. The van der Waals surface area contributed by atoms with Crippen LogP contribution in [0.25, 0.3) is 0 Å². The van der Waals surface area contributed by atoms with Crippen LogP contribution < -0.4 is 4.74 Å². The monoisotopic (exact) mass is 309 g/mol. The highest BCUT2D eigenvalue weighted by Gasteiger charge is 2.28. The molecule has 1 unspecified atom stereocenters. The molecule has 5 heteroatoms. The predicted octanol–water partition coefficient (Wildman–Crippen LogP) is 1.88. The van der Waals surface area contributed by atoms with E-state index in [9.17, 15) is 8.42 Å². The third-order valence-electron chi connectivity index (χ3n) is 4.69. The Morgan fingerprint density at radius 2 is 2.19 bits per heavy atom. The second-order valence-corrected chi connectivity index (χ2v) is 8.45. The quantitative estimate of drug-likeness (QED) is 0.852. The highest BCUT2D eigenvalue weighted by Crippen LogP contribution is 2.26. The minimum Gasteiger partial charge on any atom is -0.497 e. The minimum absolute atomic E-state index is 0.368. The van der Waals surface area contributed by atoms with Crippen molar-refractivity contribution in [2.75, 3.05) is 31.7 Å². The second kappa shape index (κ2) is 5.97. The molecule has 0 amide bonds. The predicted molar refractivity (Wildman–Crippen MR) is 83.4 cm³/mol. The molecular weight excluding hydrogens is 286 g/mol. The highest BCUT2D eigenvalue weighted by atomic mass is 32.2. The maximum absolute atomic E-state index is 11.5. The van der Waals surface area contributed by atoms with Crippen LogP contribution in [0.3, 0.4) is 0 Å². The summed E-state index contributed by atoms with van der Waals surface area (Å²) in [4.78, 5) is 2.44. The zero-order chi connectivity index (χ0) is 14.9. The van der Waals surface area contributed by atoms with Crippen molar-refractivity contribution in [2.45, 2.75) is 25.8 Å². The van der Waals surface area contributed by atoms with Crippen LogP contribution in [0.1, 0.15) is 24.0 Å². The number of benzene rings is 1. The average Bonchev–Trinajstić information content (AvgIpc) is 2.83. The van der Waals surface area contributed by atoms with E-state index in [0.717, 1.165) is 44.6 Å². The van der Waals surface area contributed by atoms with E-state index in [1.54, 1.807) is 7.11 Å². The molecule has 0 N–H and O–H groups in total. The lowest BCUT2D eigenvalue weighted by Crippen LogP contribution is -2.32. The number of rotatable bonds is 4. The fourth-order valence-corrected chi connectivity index (χ4v) is 5.28. The van der Waals surface area contributed by atoms with Crippen molar-refractivity contribution in [1.29, 1.82) is 0 Å². The first-order chi connectivity index (χ1) is 10.1. The number of methoxy groups -OCH3 is 1. The Bertz CT molecular complexity index is 612. The van der Waals surface area contributed by atoms with Crippen LogP contribution in [0.15, 0.2) is 18.2 Å². The van der Waals surface area contributed by atoms with E-state index in [0.29, 0.717) is 17.4 Å². The van der Waals surface area contributed by atoms with Gasteiger partial charge in [-0.05, 0) is 55.0 Å². The second-order valence-electron chi connectivity index (χ2n) is 6.22. The molecule has 0 aromatic heterocycles. The fourth-order valence-electron chi connectivity index (χ4n) is 3.37. The number of ether oxygens (including phenoxy) is 1. The largest absolute Gasteiger partial charge is 0.497 e. The van der Waals surface area contributed by atoms with Gasteiger partial charge in [-0.25, -0.2) is 8.42 Å². The van der Waals surface area contributed by atoms with E-state index < -0.39 is 9.84 Å². The molecule has 1 saturated heterocycles. The Hall–Kier alpha value is -1.07. The van der Waals surface area contributed by atoms with Crippen LogP contribution in [-0.4, -0.2) is 45.0 Å². The SMILES string of the molecule is COc1ccc2c(c1)CCN(CCC1CCS(=O)(=O)C1)C2. The topological polar surface area (TPSA) is 46.6 Å². The van der Waals surface area contributed by atoms with Crippen LogP contribution in [0.2, 0.25) is 0 Å². The molecule has 0 spiro atoms. The molecule has 2 heterocycles. The van der Waals surface area contributed by atoms with Gasteiger partial charge in [-0.15, -0.1) is 0 Å². The number of fused-ring (bicyclic) bond motifs is 1. The third kappa shape index (κ3) is 3.58. The Balaban J connectivity index is 1.55. The van der Waals surface area contributed by atoms with Crippen molar-refractivity contribution in [2.24, 2.45) is 5.92 Å². The van der Waals surface area contributed by atoms with Crippen molar-refractivity contribution >= 4 is 9.84 Å². The molecule has 0 saturated carbocycles. The Kier molecular flexibility index (Phi) is 4.22. The average molecular weight is 309 g/mol. The van der Waals surface area contributed by atoms with Gasteiger partial charge in [-0.3, -0.25) is 4.90 Å². The summed E-state index contributed by atoms with van der Waals surface area (Å²) in [6.45, 7) is 3.03. The summed E-state index contributed by atoms with van der Waals surface area (Å²) in [6, 6.07) is 6.31. The summed E-state index contributed by atoms with van der Waals surface area (Å²) in [5.74, 6) is 2.08. The summed E-state index contributed by atoms with van der Waals surface area (Å²) in [5, 5.41) is 0. The zero-order valence-electron chi connectivity index (χ0n) is 12.5. The van der Waals surface area contributed by atoms with E-state index in [1.165, 1.54) is 11.1 Å². The molecule has 2 aliphatic rings. The number of hydrogen-bond acceptors (Lipinski definition) is 4. The van der Waals surface area contributed by atoms with Crippen molar-refractivity contribution in [3.63, 3.8) is 0 Å². The van der Waals surface area contributed by atoms with Crippen molar-refractivity contribution in [3.05, 3.63) is 29.3 Å². The van der Waals surface area contributed by atoms with Gasteiger partial charge >= 0.3 is 0 Å². The van der Waals surface area contributed by atoms with Crippen molar-refractivity contribution in [3.8, 4) is 5.75 Å². The molecule has 1 aromatic rings. The van der Waals surface area contributed by atoms with Gasteiger partial charge in [0.05, 0.1) is 18.6 Å². The van der Waals surface area contributed by atoms with Gasteiger partial charge in [0.2, 0.25) is 0 Å². The van der Waals surface area contributed by atoms with Crippen molar-refractivity contribution in [1.82, 2.24) is 4.90 Å². The normalized spacial score (nSPS) is 24.7.